The largest absolute Gasteiger partial charge is 0.497 e. The number of hydrogen-bond donors (Lipinski definition) is 2. The number of fused-ring (bicyclic) bond motifs is 1. The van der Waals surface area contributed by atoms with Crippen LogP contribution < -0.4 is 20.3 Å². The van der Waals surface area contributed by atoms with E-state index >= 15 is 0 Å². The molecule has 12 nitrogen and oxygen atoms in total. The number of methoxy groups -OCH3 is 1. The van der Waals surface area contributed by atoms with E-state index < -0.39 is 33.0 Å². The van der Waals surface area contributed by atoms with Crippen LogP contribution in [0.4, 0.5) is 34.1 Å². The monoisotopic (exact) mass is 463 g/mol. The van der Waals surface area contributed by atoms with Gasteiger partial charge in [-0.15, -0.1) is 0 Å². The van der Waals surface area contributed by atoms with Gasteiger partial charge in [0.1, 0.15) is 12.3 Å². The second-order valence-electron chi connectivity index (χ2n) is 7.21. The molecule has 2 amide bonds. The highest BCUT2D eigenvalue weighted by atomic mass is 16.6. The minimum absolute atomic E-state index is 0.303. The van der Waals surface area contributed by atoms with Crippen LogP contribution >= 0.6 is 0 Å². The van der Waals surface area contributed by atoms with E-state index in [9.17, 15) is 29.8 Å². The molecule has 1 heterocycles. The van der Waals surface area contributed by atoms with Gasteiger partial charge in [-0.25, -0.2) is 0 Å². The number of nitro benzene ring substituents is 2. The van der Waals surface area contributed by atoms with Crippen molar-refractivity contribution in [2.24, 2.45) is 0 Å². The van der Waals surface area contributed by atoms with E-state index in [-0.39, 0.29) is 17.8 Å². The standard InChI is InChI=1S/C22H17N5O7/c1-34-15-8-6-14(7-9-15)23-21-18(26(30)31)10-13(11-19(21)27(32)33)22(29)25-12-20(28)24-16-4-2-3-5-17(16)25/h2-11,23H,12H2,1H3,(H,24,28). The number of benzene rings is 3. The van der Waals surface area contributed by atoms with E-state index in [0.717, 1.165) is 17.0 Å². The van der Waals surface area contributed by atoms with Crippen molar-refractivity contribution >= 4 is 45.9 Å². The number of rotatable bonds is 6. The second-order valence-corrected chi connectivity index (χ2v) is 7.21. The summed E-state index contributed by atoms with van der Waals surface area (Å²) in [6, 6.07) is 14.7. The lowest BCUT2D eigenvalue weighted by Crippen LogP contribution is -2.42. The van der Waals surface area contributed by atoms with Crippen molar-refractivity contribution in [1.29, 1.82) is 0 Å². The lowest BCUT2D eigenvalue weighted by molar-refractivity contribution is -0.392. The van der Waals surface area contributed by atoms with Crippen molar-refractivity contribution in [3.63, 3.8) is 0 Å². The number of para-hydroxylation sites is 2. The molecule has 3 aromatic rings. The van der Waals surface area contributed by atoms with Crippen molar-refractivity contribution in [3.05, 3.63) is 86.5 Å². The number of ether oxygens (including phenoxy) is 1. The lowest BCUT2D eigenvalue weighted by Gasteiger charge is -2.29. The maximum absolute atomic E-state index is 13.3. The average molecular weight is 463 g/mol. The molecule has 2 N–H and O–H groups in total. The first kappa shape index (κ1) is 22.2. The number of nitro groups is 2. The first-order valence-electron chi connectivity index (χ1n) is 9.87. The summed E-state index contributed by atoms with van der Waals surface area (Å²) in [5, 5.41) is 29.0. The number of nitrogens with zero attached hydrogens (tertiary/aromatic N) is 3. The predicted octanol–water partition coefficient (Wildman–Crippen LogP) is 3.85. The van der Waals surface area contributed by atoms with E-state index in [1.54, 1.807) is 36.4 Å². The third-order valence-corrected chi connectivity index (χ3v) is 5.11. The number of amides is 2. The Hall–Kier alpha value is -5.00. The van der Waals surface area contributed by atoms with Gasteiger partial charge in [-0.3, -0.25) is 34.7 Å². The summed E-state index contributed by atoms with van der Waals surface area (Å²) < 4.78 is 5.06. The molecule has 0 bridgehead atoms. The van der Waals surface area contributed by atoms with Crippen LogP contribution in [0, 0.1) is 20.2 Å². The zero-order valence-corrected chi connectivity index (χ0v) is 17.7. The summed E-state index contributed by atoms with van der Waals surface area (Å²) >= 11 is 0. The van der Waals surface area contributed by atoms with E-state index in [1.807, 2.05) is 0 Å². The minimum atomic E-state index is -0.813. The van der Waals surface area contributed by atoms with Gasteiger partial charge in [0, 0.05) is 17.8 Å². The maximum atomic E-state index is 13.3. The summed E-state index contributed by atoms with van der Waals surface area (Å²) in [5.41, 5.74) is -0.914. The third-order valence-electron chi connectivity index (χ3n) is 5.11. The minimum Gasteiger partial charge on any atom is -0.497 e. The Kier molecular flexibility index (Phi) is 5.79. The number of nitrogens with one attached hydrogen (secondary N) is 2. The highest BCUT2D eigenvalue weighted by Gasteiger charge is 2.33. The molecule has 0 radical (unpaired) electrons. The number of carbonyl (C=O) groups is 2. The Morgan fingerprint density at radius 2 is 1.65 bits per heavy atom. The SMILES string of the molecule is COc1ccc(Nc2c([N+](=O)[O-])cc(C(=O)N3CC(=O)Nc4ccccc43)cc2[N+](=O)[O-])cc1. The molecule has 3 aromatic carbocycles. The number of carbonyl (C=O) groups excluding carboxylic acids is 2. The van der Waals surface area contributed by atoms with Crippen LogP contribution in [0.1, 0.15) is 10.4 Å². The van der Waals surface area contributed by atoms with Gasteiger partial charge in [-0.2, -0.15) is 0 Å². The van der Waals surface area contributed by atoms with Crippen molar-refractivity contribution in [2.75, 3.05) is 29.2 Å². The van der Waals surface area contributed by atoms with E-state index in [4.69, 9.17) is 4.74 Å². The normalized spacial score (nSPS) is 12.4. The zero-order valence-electron chi connectivity index (χ0n) is 17.7. The predicted molar refractivity (Wildman–Crippen MR) is 123 cm³/mol. The van der Waals surface area contributed by atoms with Crippen LogP contribution in [0.25, 0.3) is 0 Å². The molecule has 1 aliphatic heterocycles. The summed E-state index contributed by atoms with van der Waals surface area (Å²) in [6.45, 7) is -0.344. The summed E-state index contributed by atoms with van der Waals surface area (Å²) in [6.07, 6.45) is 0. The number of anilines is 4. The molecule has 0 saturated heterocycles. The van der Waals surface area contributed by atoms with Gasteiger partial charge >= 0.3 is 11.4 Å². The smallest absolute Gasteiger partial charge is 0.300 e. The molecule has 34 heavy (non-hydrogen) atoms. The van der Waals surface area contributed by atoms with Gasteiger partial charge < -0.3 is 15.4 Å². The fraction of sp³-hybridized carbons (Fsp3) is 0.0909. The average Bonchev–Trinajstić information content (AvgIpc) is 2.83. The van der Waals surface area contributed by atoms with Gasteiger partial charge in [-0.1, -0.05) is 12.1 Å². The Bertz CT molecular complexity index is 1290. The Labute approximate surface area is 192 Å². The van der Waals surface area contributed by atoms with E-state index in [1.165, 1.54) is 19.2 Å². The molecule has 0 fully saturated rings. The van der Waals surface area contributed by atoms with Crippen molar-refractivity contribution in [1.82, 2.24) is 0 Å². The van der Waals surface area contributed by atoms with Crippen molar-refractivity contribution in [2.45, 2.75) is 0 Å². The summed E-state index contributed by atoms with van der Waals surface area (Å²) in [5.74, 6) is -0.723. The topological polar surface area (TPSA) is 157 Å². The Morgan fingerprint density at radius 1 is 1.03 bits per heavy atom. The molecule has 0 saturated carbocycles. The van der Waals surface area contributed by atoms with Gasteiger partial charge in [0.25, 0.3) is 5.91 Å². The first-order valence-corrected chi connectivity index (χ1v) is 9.87. The van der Waals surface area contributed by atoms with Gasteiger partial charge in [0.05, 0.1) is 33.9 Å². The fourth-order valence-electron chi connectivity index (χ4n) is 3.54. The van der Waals surface area contributed by atoms with Crippen molar-refractivity contribution in [3.8, 4) is 5.75 Å². The van der Waals surface area contributed by atoms with E-state index in [2.05, 4.69) is 10.6 Å². The second kappa shape index (κ2) is 8.86. The Morgan fingerprint density at radius 3 is 2.24 bits per heavy atom. The molecule has 0 aromatic heterocycles. The van der Waals surface area contributed by atoms with Gasteiger partial charge in [0.15, 0.2) is 5.69 Å². The molecule has 0 aliphatic carbocycles. The first-order chi connectivity index (χ1) is 16.3. The molecular weight excluding hydrogens is 446 g/mol. The Balaban J connectivity index is 1.79. The van der Waals surface area contributed by atoms with Crippen LogP contribution in [0.15, 0.2) is 60.7 Å². The highest BCUT2D eigenvalue weighted by Crippen LogP contribution is 2.39. The summed E-state index contributed by atoms with van der Waals surface area (Å²) in [7, 11) is 1.47. The molecule has 0 unspecified atom stereocenters. The van der Waals surface area contributed by atoms with Crippen LogP contribution in [0.2, 0.25) is 0 Å². The zero-order chi connectivity index (χ0) is 24.4. The highest BCUT2D eigenvalue weighted by molar-refractivity contribution is 6.15. The molecule has 172 valence electrons. The van der Waals surface area contributed by atoms with Gasteiger partial charge in [0.2, 0.25) is 5.91 Å². The third kappa shape index (κ3) is 4.19. The van der Waals surface area contributed by atoms with Crippen LogP contribution in [0.5, 0.6) is 5.75 Å². The van der Waals surface area contributed by atoms with Crippen molar-refractivity contribution < 1.29 is 24.2 Å². The molecule has 4 rings (SSSR count). The quantitative estimate of drug-likeness (QED) is 0.412. The van der Waals surface area contributed by atoms with Gasteiger partial charge in [-0.05, 0) is 36.4 Å². The maximum Gasteiger partial charge on any atom is 0.300 e. The molecule has 0 spiro atoms. The molecule has 0 atom stereocenters. The van der Waals surface area contributed by atoms with Crippen LogP contribution in [0.3, 0.4) is 0 Å². The lowest BCUT2D eigenvalue weighted by atomic mass is 10.1. The van der Waals surface area contributed by atoms with Crippen LogP contribution in [-0.2, 0) is 4.79 Å². The van der Waals surface area contributed by atoms with Crippen LogP contribution in [-0.4, -0.2) is 35.3 Å². The van der Waals surface area contributed by atoms with E-state index in [0.29, 0.717) is 22.8 Å². The molecule has 12 heteroatoms. The molecular formula is C22H17N5O7. The number of hydrogen-bond acceptors (Lipinski definition) is 8. The molecule has 1 aliphatic rings. The fourth-order valence-corrected chi connectivity index (χ4v) is 3.54. The summed E-state index contributed by atoms with van der Waals surface area (Å²) in [4.78, 5) is 48.5.